The first kappa shape index (κ1) is 10.9. The van der Waals surface area contributed by atoms with Gasteiger partial charge in [0.05, 0.1) is 12.2 Å². The van der Waals surface area contributed by atoms with Crippen LogP contribution in [0.5, 0.6) is 0 Å². The summed E-state index contributed by atoms with van der Waals surface area (Å²) in [6, 6.07) is 3.62. The van der Waals surface area contributed by atoms with Gasteiger partial charge in [0.1, 0.15) is 5.84 Å². The summed E-state index contributed by atoms with van der Waals surface area (Å²) >= 11 is 12.2. The Labute approximate surface area is 110 Å². The predicted molar refractivity (Wildman–Crippen MR) is 72.0 cm³/mol. The molecule has 0 aromatic heterocycles. The van der Waals surface area contributed by atoms with Crippen LogP contribution in [0.15, 0.2) is 41.1 Å². The maximum Gasteiger partial charge on any atom is 0.133 e. The lowest BCUT2D eigenvalue weighted by molar-refractivity contribution is 0.501. The van der Waals surface area contributed by atoms with Crippen molar-refractivity contribution in [2.75, 3.05) is 0 Å². The topological polar surface area (TPSA) is 15.6 Å². The van der Waals surface area contributed by atoms with Gasteiger partial charge in [-0.25, -0.2) is 4.99 Å². The molecule has 0 aliphatic carbocycles. The van der Waals surface area contributed by atoms with E-state index in [9.17, 15) is 0 Å². The number of fused-ring (bicyclic) bond motifs is 2. The number of benzene rings is 1. The van der Waals surface area contributed by atoms with Crippen molar-refractivity contribution in [3.8, 4) is 0 Å². The van der Waals surface area contributed by atoms with E-state index < -0.39 is 0 Å². The molecular formula is C13H10Cl2N2. The number of hydrogen-bond acceptors (Lipinski definition) is 2. The monoisotopic (exact) mass is 264 g/mol. The Balaban J connectivity index is 2.17. The number of halogens is 2. The molecule has 0 atom stereocenters. The largest absolute Gasteiger partial charge is 0.326 e. The second-order valence-corrected chi connectivity index (χ2v) is 4.95. The van der Waals surface area contributed by atoms with Crippen LogP contribution in [0.3, 0.4) is 0 Å². The molecule has 2 nitrogen and oxygen atoms in total. The summed E-state index contributed by atoms with van der Waals surface area (Å²) < 4.78 is 0. The van der Waals surface area contributed by atoms with Crippen LogP contribution in [0.1, 0.15) is 12.5 Å². The van der Waals surface area contributed by atoms with Gasteiger partial charge in [-0.15, -0.1) is 0 Å². The number of rotatable bonds is 0. The lowest BCUT2D eigenvalue weighted by atomic mass is 10.1. The predicted octanol–water partition coefficient (Wildman–Crippen LogP) is 4.31. The number of allylic oxidation sites excluding steroid dienone is 3. The van der Waals surface area contributed by atoms with Gasteiger partial charge in [0.15, 0.2) is 0 Å². The molecule has 4 heteroatoms. The standard InChI is InChI=1S/C13H10Cl2N2/c1-8-3-2-4-13-16-12-6-9(14)5-11(15)10(12)7-17(8)13/h2-6H,7H2,1H3. The molecule has 86 valence electrons. The van der Waals surface area contributed by atoms with Gasteiger partial charge in [0.2, 0.25) is 0 Å². The smallest absolute Gasteiger partial charge is 0.133 e. The van der Waals surface area contributed by atoms with Gasteiger partial charge >= 0.3 is 0 Å². The highest BCUT2D eigenvalue weighted by atomic mass is 35.5. The zero-order valence-electron chi connectivity index (χ0n) is 9.24. The van der Waals surface area contributed by atoms with Crippen molar-refractivity contribution < 1.29 is 0 Å². The van der Waals surface area contributed by atoms with Crippen molar-refractivity contribution in [3.05, 3.63) is 51.7 Å². The van der Waals surface area contributed by atoms with E-state index >= 15 is 0 Å². The van der Waals surface area contributed by atoms with Crippen molar-refractivity contribution in [2.45, 2.75) is 13.5 Å². The van der Waals surface area contributed by atoms with E-state index in [1.165, 1.54) is 5.70 Å². The van der Waals surface area contributed by atoms with Crippen LogP contribution < -0.4 is 0 Å². The summed E-state index contributed by atoms with van der Waals surface area (Å²) in [5.41, 5.74) is 3.07. The highest BCUT2D eigenvalue weighted by molar-refractivity contribution is 6.35. The Morgan fingerprint density at radius 2 is 2.12 bits per heavy atom. The summed E-state index contributed by atoms with van der Waals surface area (Å²) in [6.45, 7) is 2.81. The molecule has 2 heterocycles. The van der Waals surface area contributed by atoms with Crippen LogP contribution in [0.25, 0.3) is 0 Å². The van der Waals surface area contributed by atoms with E-state index in [0.29, 0.717) is 10.0 Å². The van der Waals surface area contributed by atoms with E-state index in [4.69, 9.17) is 23.2 Å². The van der Waals surface area contributed by atoms with Crippen molar-refractivity contribution in [1.29, 1.82) is 0 Å². The van der Waals surface area contributed by atoms with E-state index in [-0.39, 0.29) is 0 Å². The second kappa shape index (κ2) is 3.90. The number of hydrogen-bond donors (Lipinski definition) is 0. The third kappa shape index (κ3) is 1.78. The van der Waals surface area contributed by atoms with Crippen LogP contribution in [0.4, 0.5) is 5.69 Å². The third-order valence-corrected chi connectivity index (χ3v) is 3.53. The van der Waals surface area contributed by atoms with E-state index in [1.54, 1.807) is 6.07 Å². The summed E-state index contributed by atoms with van der Waals surface area (Å²) in [6.07, 6.45) is 6.06. The summed E-state index contributed by atoms with van der Waals surface area (Å²) in [4.78, 5) is 6.73. The minimum absolute atomic E-state index is 0.624. The molecule has 0 saturated heterocycles. The SMILES string of the molecule is CC1=CC=CC2=Nc3cc(Cl)cc(Cl)c3CN12. The quantitative estimate of drug-likeness (QED) is 0.682. The summed E-state index contributed by atoms with van der Waals surface area (Å²) in [5, 5.41) is 1.30. The van der Waals surface area contributed by atoms with Crippen LogP contribution in [0.2, 0.25) is 10.0 Å². The highest BCUT2D eigenvalue weighted by Gasteiger charge is 2.22. The molecule has 0 N–H and O–H groups in total. The fourth-order valence-electron chi connectivity index (χ4n) is 2.07. The molecule has 0 bridgehead atoms. The van der Waals surface area contributed by atoms with Crippen molar-refractivity contribution in [1.82, 2.24) is 4.90 Å². The van der Waals surface area contributed by atoms with Crippen molar-refractivity contribution in [3.63, 3.8) is 0 Å². The van der Waals surface area contributed by atoms with Gasteiger partial charge in [0, 0.05) is 21.3 Å². The van der Waals surface area contributed by atoms with Crippen LogP contribution in [-0.4, -0.2) is 10.7 Å². The first-order valence-corrected chi connectivity index (χ1v) is 6.10. The molecular weight excluding hydrogens is 255 g/mol. The molecule has 3 rings (SSSR count). The Kier molecular flexibility index (Phi) is 2.49. The lowest BCUT2D eigenvalue weighted by Crippen LogP contribution is -2.31. The molecule has 0 saturated carbocycles. The number of aliphatic imine (C=N–C) groups is 1. The first-order chi connectivity index (χ1) is 8.15. The van der Waals surface area contributed by atoms with Gasteiger partial charge in [-0.1, -0.05) is 29.3 Å². The van der Waals surface area contributed by atoms with E-state index in [2.05, 4.69) is 22.9 Å². The Hall–Kier alpha value is -1.25. The van der Waals surface area contributed by atoms with Crippen molar-refractivity contribution >= 4 is 34.7 Å². The fourth-order valence-corrected chi connectivity index (χ4v) is 2.61. The van der Waals surface area contributed by atoms with E-state index in [1.807, 2.05) is 18.2 Å². The van der Waals surface area contributed by atoms with Gasteiger partial charge < -0.3 is 4.90 Å². The van der Waals surface area contributed by atoms with Crippen LogP contribution in [-0.2, 0) is 6.54 Å². The molecule has 0 fully saturated rings. The molecule has 2 aliphatic heterocycles. The van der Waals surface area contributed by atoms with Crippen LogP contribution >= 0.6 is 23.2 Å². The fraction of sp³-hybridized carbons (Fsp3) is 0.154. The number of amidine groups is 1. The van der Waals surface area contributed by atoms with Crippen molar-refractivity contribution in [2.24, 2.45) is 4.99 Å². The minimum atomic E-state index is 0.624. The van der Waals surface area contributed by atoms with E-state index in [0.717, 1.165) is 23.6 Å². The molecule has 1 aromatic carbocycles. The molecule has 17 heavy (non-hydrogen) atoms. The minimum Gasteiger partial charge on any atom is -0.326 e. The van der Waals surface area contributed by atoms with Gasteiger partial charge in [-0.2, -0.15) is 0 Å². The Bertz CT molecular complexity index is 585. The lowest BCUT2D eigenvalue weighted by Gasteiger charge is -2.31. The Morgan fingerprint density at radius 1 is 1.29 bits per heavy atom. The maximum atomic E-state index is 6.21. The maximum absolute atomic E-state index is 6.21. The molecule has 1 aromatic rings. The molecule has 0 amide bonds. The second-order valence-electron chi connectivity index (χ2n) is 4.11. The van der Waals surface area contributed by atoms with Crippen LogP contribution in [0, 0.1) is 0 Å². The van der Waals surface area contributed by atoms with Gasteiger partial charge in [-0.3, -0.25) is 0 Å². The summed E-state index contributed by atoms with van der Waals surface area (Å²) in [5.74, 6) is 0.941. The average molecular weight is 265 g/mol. The zero-order chi connectivity index (χ0) is 12.0. The highest BCUT2D eigenvalue weighted by Crippen LogP contribution is 2.36. The summed E-state index contributed by atoms with van der Waals surface area (Å²) in [7, 11) is 0. The van der Waals surface area contributed by atoms with Gasteiger partial charge in [-0.05, 0) is 31.2 Å². The van der Waals surface area contributed by atoms with Gasteiger partial charge in [0.25, 0.3) is 0 Å². The molecule has 0 radical (unpaired) electrons. The molecule has 2 aliphatic rings. The zero-order valence-corrected chi connectivity index (χ0v) is 10.8. The third-order valence-electron chi connectivity index (χ3n) is 2.97. The molecule has 0 spiro atoms. The molecule has 0 unspecified atom stereocenters. The number of nitrogens with zero attached hydrogens (tertiary/aromatic N) is 2. The Morgan fingerprint density at radius 3 is 2.94 bits per heavy atom. The average Bonchev–Trinajstić information content (AvgIpc) is 2.27. The normalized spacial score (nSPS) is 17.2. The first-order valence-electron chi connectivity index (χ1n) is 5.34.